The van der Waals surface area contributed by atoms with E-state index in [1.165, 1.54) is 0 Å². The van der Waals surface area contributed by atoms with Crippen molar-refractivity contribution < 1.29 is 13.8 Å². The molecule has 0 spiro atoms. The van der Waals surface area contributed by atoms with E-state index >= 15 is 0 Å². The zero-order valence-corrected chi connectivity index (χ0v) is 11.6. The van der Waals surface area contributed by atoms with Crippen molar-refractivity contribution in [3.8, 4) is 18.2 Å². The number of aromatic nitrogens is 1. The highest BCUT2D eigenvalue weighted by Crippen LogP contribution is 2.26. The van der Waals surface area contributed by atoms with Gasteiger partial charge in [0.05, 0.1) is 12.5 Å². The summed E-state index contributed by atoms with van der Waals surface area (Å²) in [5.74, 6) is -1.67. The summed E-state index contributed by atoms with van der Waals surface area (Å²) in [6, 6.07) is 8.40. The Labute approximate surface area is 130 Å². The number of anilines is 3. The van der Waals surface area contributed by atoms with Gasteiger partial charge < -0.3 is 5.73 Å². The fraction of sp³-hybridized carbons (Fsp3) is 0.0667. The number of aromatic amines is 1. The number of benzene rings is 1. The SMILES string of the molecule is N#CCc1c(C#N)c(N)[nH+]c(Nc2ccc(F)cc2F)c1C#N. The van der Waals surface area contributed by atoms with Crippen LogP contribution in [0.5, 0.6) is 0 Å². The number of H-pyrrole nitrogens is 1. The Morgan fingerprint density at radius 2 is 1.83 bits per heavy atom. The number of nitrogen functional groups attached to an aromatic ring is 1. The van der Waals surface area contributed by atoms with E-state index in [9.17, 15) is 14.0 Å². The molecule has 2 aromatic rings. The molecule has 0 fully saturated rings. The Morgan fingerprint density at radius 1 is 1.13 bits per heavy atom. The molecule has 112 valence electrons. The maximum Gasteiger partial charge on any atom is 0.242 e. The molecule has 0 amide bonds. The van der Waals surface area contributed by atoms with Gasteiger partial charge in [-0.2, -0.15) is 15.8 Å². The molecular formula is C15H9F2N6+. The average Bonchev–Trinajstić information content (AvgIpc) is 2.50. The number of pyridine rings is 1. The monoisotopic (exact) mass is 311 g/mol. The van der Waals surface area contributed by atoms with Crippen molar-refractivity contribution in [3.63, 3.8) is 0 Å². The minimum atomic E-state index is -0.868. The lowest BCUT2D eigenvalue weighted by atomic mass is 10.0. The summed E-state index contributed by atoms with van der Waals surface area (Å²) >= 11 is 0. The van der Waals surface area contributed by atoms with E-state index in [-0.39, 0.29) is 40.4 Å². The molecule has 0 atom stereocenters. The van der Waals surface area contributed by atoms with E-state index in [2.05, 4.69) is 10.3 Å². The molecule has 0 saturated carbocycles. The fourth-order valence-electron chi connectivity index (χ4n) is 2.02. The Hall–Kier alpha value is -3.70. The molecule has 0 radical (unpaired) electrons. The largest absolute Gasteiger partial charge is 0.318 e. The molecule has 0 aliphatic carbocycles. The molecule has 0 unspecified atom stereocenters. The van der Waals surface area contributed by atoms with E-state index in [1.54, 1.807) is 0 Å². The third-order valence-corrected chi connectivity index (χ3v) is 3.05. The van der Waals surface area contributed by atoms with Crippen LogP contribution in [0.1, 0.15) is 16.7 Å². The van der Waals surface area contributed by atoms with Crippen molar-refractivity contribution in [2.75, 3.05) is 11.1 Å². The van der Waals surface area contributed by atoms with E-state index in [4.69, 9.17) is 16.3 Å². The van der Waals surface area contributed by atoms with Crippen LogP contribution in [0.25, 0.3) is 0 Å². The van der Waals surface area contributed by atoms with Crippen LogP contribution in [0.4, 0.5) is 26.1 Å². The van der Waals surface area contributed by atoms with Gasteiger partial charge in [0.1, 0.15) is 34.8 Å². The van der Waals surface area contributed by atoms with Gasteiger partial charge in [0, 0.05) is 11.6 Å². The van der Waals surface area contributed by atoms with E-state index in [1.807, 2.05) is 18.2 Å². The van der Waals surface area contributed by atoms with Gasteiger partial charge in [-0.25, -0.2) is 13.8 Å². The molecule has 0 saturated heterocycles. The molecule has 8 heteroatoms. The van der Waals surface area contributed by atoms with Gasteiger partial charge in [-0.3, -0.25) is 5.32 Å². The minimum absolute atomic E-state index is 0.0137. The second-order valence-corrected chi connectivity index (χ2v) is 4.45. The van der Waals surface area contributed by atoms with Gasteiger partial charge in [0.25, 0.3) is 0 Å². The fourth-order valence-corrected chi connectivity index (χ4v) is 2.02. The van der Waals surface area contributed by atoms with Gasteiger partial charge >= 0.3 is 0 Å². The number of rotatable bonds is 3. The van der Waals surface area contributed by atoms with Crippen molar-refractivity contribution in [3.05, 3.63) is 46.5 Å². The summed E-state index contributed by atoms with van der Waals surface area (Å²) in [7, 11) is 0. The number of nitriles is 3. The number of halogens is 2. The van der Waals surface area contributed by atoms with Gasteiger partial charge in [0.2, 0.25) is 11.6 Å². The molecule has 0 aliphatic heterocycles. The van der Waals surface area contributed by atoms with Gasteiger partial charge in [-0.1, -0.05) is 0 Å². The van der Waals surface area contributed by atoms with Crippen LogP contribution in [0.3, 0.4) is 0 Å². The molecule has 0 bridgehead atoms. The van der Waals surface area contributed by atoms with Crippen LogP contribution in [-0.4, -0.2) is 0 Å². The Kier molecular flexibility index (Phi) is 4.35. The Bertz CT molecular complexity index is 902. The van der Waals surface area contributed by atoms with Crippen LogP contribution in [-0.2, 0) is 6.42 Å². The lowest BCUT2D eigenvalue weighted by Gasteiger charge is -2.09. The molecule has 6 nitrogen and oxygen atoms in total. The van der Waals surface area contributed by atoms with Crippen LogP contribution in [0.2, 0.25) is 0 Å². The molecule has 4 N–H and O–H groups in total. The molecule has 2 rings (SSSR count). The first-order valence-corrected chi connectivity index (χ1v) is 6.28. The van der Waals surface area contributed by atoms with E-state index in [0.717, 1.165) is 12.1 Å². The summed E-state index contributed by atoms with van der Waals surface area (Å²) in [5.41, 5.74) is 5.70. The molecular weight excluding hydrogens is 302 g/mol. The summed E-state index contributed by atoms with van der Waals surface area (Å²) in [6.45, 7) is 0. The molecule has 1 aromatic carbocycles. The molecule has 1 heterocycles. The van der Waals surface area contributed by atoms with E-state index < -0.39 is 11.6 Å². The van der Waals surface area contributed by atoms with Crippen molar-refractivity contribution in [1.82, 2.24) is 0 Å². The standard InChI is InChI=1S/C15H8F2N6/c16-8-1-2-13(12(17)5-8)22-15-11(7-20)9(3-4-18)10(6-19)14(21)23-15/h1-2,5H,3H2,(H3,21,22,23)/p+1. The van der Waals surface area contributed by atoms with Gasteiger partial charge in [-0.15, -0.1) is 0 Å². The number of nitrogens with two attached hydrogens (primary N) is 1. The summed E-state index contributed by atoms with van der Waals surface area (Å²) in [5, 5.41) is 29.9. The van der Waals surface area contributed by atoms with Crippen LogP contribution >= 0.6 is 0 Å². The lowest BCUT2D eigenvalue weighted by molar-refractivity contribution is -0.343. The summed E-state index contributed by atoms with van der Waals surface area (Å²) in [4.78, 5) is 2.59. The number of hydrogen-bond donors (Lipinski definition) is 2. The molecule has 23 heavy (non-hydrogen) atoms. The van der Waals surface area contributed by atoms with Crippen LogP contribution in [0, 0.1) is 45.6 Å². The zero-order chi connectivity index (χ0) is 17.0. The normalized spacial score (nSPS) is 9.52. The molecule has 0 aliphatic rings. The highest BCUT2D eigenvalue weighted by molar-refractivity contribution is 5.67. The van der Waals surface area contributed by atoms with Crippen molar-refractivity contribution in [2.45, 2.75) is 6.42 Å². The summed E-state index contributed by atoms with van der Waals surface area (Å²) < 4.78 is 26.7. The number of nitrogens with one attached hydrogen (secondary N) is 2. The third kappa shape index (κ3) is 2.99. The predicted octanol–water partition coefficient (Wildman–Crippen LogP) is 1.91. The number of nitrogens with zero attached hydrogens (tertiary/aromatic N) is 3. The topological polar surface area (TPSA) is 124 Å². The first kappa shape index (κ1) is 15.7. The predicted molar refractivity (Wildman–Crippen MR) is 75.8 cm³/mol. The van der Waals surface area contributed by atoms with Crippen LogP contribution < -0.4 is 16.0 Å². The van der Waals surface area contributed by atoms with Crippen molar-refractivity contribution in [2.24, 2.45) is 0 Å². The number of hydrogen-bond acceptors (Lipinski definition) is 5. The maximum atomic E-state index is 13.7. The summed E-state index contributed by atoms with van der Waals surface area (Å²) in [6.07, 6.45) is -0.217. The molecule has 1 aromatic heterocycles. The first-order chi connectivity index (χ1) is 11.0. The lowest BCUT2D eigenvalue weighted by Crippen LogP contribution is -2.21. The van der Waals surface area contributed by atoms with Crippen molar-refractivity contribution >= 4 is 17.3 Å². The second-order valence-electron chi connectivity index (χ2n) is 4.45. The Balaban J connectivity index is 2.62. The average molecular weight is 311 g/mol. The highest BCUT2D eigenvalue weighted by Gasteiger charge is 2.22. The third-order valence-electron chi connectivity index (χ3n) is 3.05. The highest BCUT2D eigenvalue weighted by atomic mass is 19.1. The van der Waals surface area contributed by atoms with Crippen molar-refractivity contribution in [1.29, 1.82) is 15.8 Å². The first-order valence-electron chi connectivity index (χ1n) is 6.28. The van der Waals surface area contributed by atoms with Gasteiger partial charge in [-0.05, 0) is 12.1 Å². The second kappa shape index (κ2) is 6.38. The zero-order valence-electron chi connectivity index (χ0n) is 11.6. The Morgan fingerprint density at radius 3 is 2.39 bits per heavy atom. The van der Waals surface area contributed by atoms with Crippen LogP contribution in [0.15, 0.2) is 18.2 Å². The quantitative estimate of drug-likeness (QED) is 0.896. The van der Waals surface area contributed by atoms with Gasteiger partial charge in [0.15, 0.2) is 5.82 Å². The maximum absolute atomic E-state index is 13.7. The smallest absolute Gasteiger partial charge is 0.242 e. The minimum Gasteiger partial charge on any atom is -0.318 e. The van der Waals surface area contributed by atoms with E-state index in [0.29, 0.717) is 6.07 Å².